The molecule has 0 saturated heterocycles. The zero-order valence-electron chi connectivity index (χ0n) is 11.6. The Morgan fingerprint density at radius 3 is 2.41 bits per heavy atom. The first-order valence-corrected chi connectivity index (χ1v) is 6.19. The lowest BCUT2D eigenvalue weighted by Crippen LogP contribution is -2.03. The largest absolute Gasteiger partial charge is 0.490 e. The molecular formula is C15H23NO. The summed E-state index contributed by atoms with van der Waals surface area (Å²) in [5, 5.41) is 9.15. The summed E-state index contributed by atoms with van der Waals surface area (Å²) in [5.74, 6) is 0.673. The molecule has 0 rings (SSSR count). The fraction of sp³-hybridized carbons (Fsp3) is 0.533. The van der Waals surface area contributed by atoms with E-state index < -0.39 is 0 Å². The fourth-order valence-corrected chi connectivity index (χ4v) is 1.17. The number of allylic oxidation sites excluding steroid dienone is 5. The van der Waals surface area contributed by atoms with Gasteiger partial charge >= 0.3 is 0 Å². The van der Waals surface area contributed by atoms with Gasteiger partial charge in [-0.1, -0.05) is 25.5 Å². The second-order valence-corrected chi connectivity index (χ2v) is 4.21. The molecule has 0 aromatic heterocycles. The van der Waals surface area contributed by atoms with Crippen molar-refractivity contribution < 1.29 is 4.74 Å². The van der Waals surface area contributed by atoms with Crippen molar-refractivity contribution >= 4 is 0 Å². The smallest absolute Gasteiger partial charge is 0.137 e. The lowest BCUT2D eigenvalue weighted by molar-refractivity contribution is 0.156. The van der Waals surface area contributed by atoms with E-state index in [-0.39, 0.29) is 6.10 Å². The molecule has 0 aliphatic heterocycles. The van der Waals surface area contributed by atoms with Gasteiger partial charge in [-0.25, -0.2) is 0 Å². The highest BCUT2D eigenvalue weighted by molar-refractivity contribution is 5.40. The van der Waals surface area contributed by atoms with E-state index in [1.807, 2.05) is 45.9 Å². The molecule has 0 amide bonds. The van der Waals surface area contributed by atoms with Crippen molar-refractivity contribution in [2.75, 3.05) is 0 Å². The van der Waals surface area contributed by atoms with Gasteiger partial charge in [0.2, 0.25) is 0 Å². The molecule has 94 valence electrons. The number of nitriles is 1. The Hall–Kier alpha value is -1.49. The molecule has 2 heteroatoms. The molecular weight excluding hydrogens is 210 g/mol. The van der Waals surface area contributed by atoms with Crippen LogP contribution in [0.1, 0.15) is 47.5 Å². The lowest BCUT2D eigenvalue weighted by atomic mass is 10.1. The molecule has 0 heterocycles. The van der Waals surface area contributed by atoms with E-state index >= 15 is 0 Å². The first kappa shape index (κ1) is 15.5. The molecule has 0 unspecified atom stereocenters. The minimum absolute atomic E-state index is 0.0734. The molecule has 0 N–H and O–H groups in total. The van der Waals surface area contributed by atoms with Crippen LogP contribution in [0.15, 0.2) is 35.1 Å². The van der Waals surface area contributed by atoms with Gasteiger partial charge in [0.25, 0.3) is 0 Å². The van der Waals surface area contributed by atoms with E-state index in [1.54, 1.807) is 0 Å². The van der Waals surface area contributed by atoms with Gasteiger partial charge in [-0.3, -0.25) is 0 Å². The Bertz CT molecular complexity index is 354. The monoisotopic (exact) mass is 233 g/mol. The Labute approximate surface area is 105 Å². The quantitative estimate of drug-likeness (QED) is 0.384. The molecule has 0 bridgehead atoms. The van der Waals surface area contributed by atoms with E-state index in [1.165, 1.54) is 5.57 Å². The third-order valence-electron chi connectivity index (χ3n) is 2.20. The molecule has 0 radical (unpaired) electrons. The van der Waals surface area contributed by atoms with Crippen molar-refractivity contribution in [3.05, 3.63) is 35.1 Å². The van der Waals surface area contributed by atoms with E-state index in [9.17, 15) is 0 Å². The summed E-state index contributed by atoms with van der Waals surface area (Å²) in [7, 11) is 0. The first-order chi connectivity index (χ1) is 8.04. The minimum Gasteiger partial charge on any atom is -0.490 e. The highest BCUT2D eigenvalue weighted by Crippen LogP contribution is 2.15. The number of rotatable bonds is 6. The van der Waals surface area contributed by atoms with Gasteiger partial charge in [-0.05, 0) is 45.8 Å². The highest BCUT2D eigenvalue weighted by Gasteiger charge is 2.05. The van der Waals surface area contributed by atoms with Crippen molar-refractivity contribution in [3.63, 3.8) is 0 Å². The summed E-state index contributed by atoms with van der Waals surface area (Å²) >= 11 is 0. The summed E-state index contributed by atoms with van der Waals surface area (Å²) in [6.45, 7) is 10.1. The van der Waals surface area contributed by atoms with Crippen LogP contribution in [0.5, 0.6) is 0 Å². The molecule has 0 spiro atoms. The summed E-state index contributed by atoms with van der Waals surface area (Å²) in [6, 6.07) is 2.20. The van der Waals surface area contributed by atoms with Crippen LogP contribution in [0.4, 0.5) is 0 Å². The normalized spacial score (nSPS) is 13.8. The van der Waals surface area contributed by atoms with Gasteiger partial charge in [0.1, 0.15) is 11.8 Å². The van der Waals surface area contributed by atoms with E-state index in [4.69, 9.17) is 10.00 Å². The predicted octanol–water partition coefficient (Wildman–Crippen LogP) is 4.51. The third-order valence-corrected chi connectivity index (χ3v) is 2.20. The van der Waals surface area contributed by atoms with Crippen LogP contribution < -0.4 is 0 Å². The van der Waals surface area contributed by atoms with Gasteiger partial charge in [0.05, 0.1) is 11.7 Å². The minimum atomic E-state index is 0.0734. The summed E-state index contributed by atoms with van der Waals surface area (Å²) < 4.78 is 5.70. The second-order valence-electron chi connectivity index (χ2n) is 4.21. The van der Waals surface area contributed by atoms with Crippen molar-refractivity contribution in [3.8, 4) is 6.07 Å². The van der Waals surface area contributed by atoms with Gasteiger partial charge in [-0.2, -0.15) is 5.26 Å². The number of hydrogen-bond acceptors (Lipinski definition) is 2. The fourth-order valence-electron chi connectivity index (χ4n) is 1.17. The molecule has 17 heavy (non-hydrogen) atoms. The SMILES string of the molecule is CC/C=C/C(C#N)=C(\C=C(/C)CC)OC(C)C. The van der Waals surface area contributed by atoms with E-state index in [0.29, 0.717) is 11.3 Å². The highest BCUT2D eigenvalue weighted by atomic mass is 16.5. The van der Waals surface area contributed by atoms with Gasteiger partial charge in [0.15, 0.2) is 0 Å². The molecule has 0 fully saturated rings. The molecule has 0 aromatic rings. The summed E-state index contributed by atoms with van der Waals surface area (Å²) in [5.41, 5.74) is 1.80. The van der Waals surface area contributed by atoms with Crippen molar-refractivity contribution in [1.82, 2.24) is 0 Å². The van der Waals surface area contributed by atoms with Crippen molar-refractivity contribution in [1.29, 1.82) is 5.26 Å². The van der Waals surface area contributed by atoms with Crippen LogP contribution in [-0.4, -0.2) is 6.10 Å². The lowest BCUT2D eigenvalue weighted by Gasteiger charge is -2.12. The average Bonchev–Trinajstić information content (AvgIpc) is 2.28. The van der Waals surface area contributed by atoms with E-state index in [0.717, 1.165) is 12.8 Å². The summed E-state index contributed by atoms with van der Waals surface area (Å²) in [6.07, 6.45) is 7.70. The maximum Gasteiger partial charge on any atom is 0.137 e. The predicted molar refractivity (Wildman–Crippen MR) is 72.3 cm³/mol. The number of nitrogens with zero attached hydrogens (tertiary/aromatic N) is 1. The van der Waals surface area contributed by atoms with Crippen LogP contribution in [0, 0.1) is 11.3 Å². The molecule has 0 aliphatic carbocycles. The van der Waals surface area contributed by atoms with Crippen molar-refractivity contribution in [2.45, 2.75) is 53.6 Å². The Balaban J connectivity index is 5.31. The van der Waals surface area contributed by atoms with Crippen LogP contribution in [0.3, 0.4) is 0 Å². The third kappa shape index (κ3) is 6.63. The Morgan fingerprint density at radius 1 is 1.35 bits per heavy atom. The van der Waals surface area contributed by atoms with Crippen LogP contribution in [0.2, 0.25) is 0 Å². The van der Waals surface area contributed by atoms with Gasteiger partial charge in [-0.15, -0.1) is 0 Å². The molecule has 2 nitrogen and oxygen atoms in total. The Kier molecular flexibility index (Phi) is 7.88. The molecule has 0 atom stereocenters. The summed E-state index contributed by atoms with van der Waals surface area (Å²) in [4.78, 5) is 0. The standard InChI is InChI=1S/C15H23NO/c1-6-8-9-14(11-16)15(17-12(3)4)10-13(5)7-2/h8-10,12H,6-7H2,1-5H3/b9-8+,13-10+,15-14-. The van der Waals surface area contributed by atoms with Crippen LogP contribution >= 0.6 is 0 Å². The molecule has 0 saturated carbocycles. The Morgan fingerprint density at radius 2 is 2.00 bits per heavy atom. The van der Waals surface area contributed by atoms with Crippen molar-refractivity contribution in [2.24, 2.45) is 0 Å². The second kappa shape index (κ2) is 8.64. The van der Waals surface area contributed by atoms with Gasteiger partial charge in [0, 0.05) is 0 Å². The topological polar surface area (TPSA) is 33.0 Å². The number of hydrogen-bond donors (Lipinski definition) is 0. The molecule has 0 aliphatic rings. The average molecular weight is 233 g/mol. The maximum absolute atomic E-state index is 9.15. The maximum atomic E-state index is 9.15. The first-order valence-electron chi connectivity index (χ1n) is 6.19. The van der Waals surface area contributed by atoms with E-state index in [2.05, 4.69) is 13.0 Å². The van der Waals surface area contributed by atoms with Crippen LogP contribution in [-0.2, 0) is 4.74 Å². The molecule has 0 aromatic carbocycles. The zero-order valence-corrected chi connectivity index (χ0v) is 11.6. The number of ether oxygens (including phenoxy) is 1. The van der Waals surface area contributed by atoms with Crippen LogP contribution in [0.25, 0.3) is 0 Å². The zero-order chi connectivity index (χ0) is 13.3. The van der Waals surface area contributed by atoms with Gasteiger partial charge < -0.3 is 4.74 Å².